The van der Waals surface area contributed by atoms with Gasteiger partial charge in [-0.2, -0.15) is 0 Å². The van der Waals surface area contributed by atoms with Crippen molar-refractivity contribution in [2.24, 2.45) is 5.73 Å². The Morgan fingerprint density at radius 3 is 2.00 bits per heavy atom. The van der Waals surface area contributed by atoms with Crippen molar-refractivity contribution in [1.82, 2.24) is 20.9 Å². The molecule has 12 nitrogen and oxygen atoms in total. The topological polar surface area (TPSA) is 207 Å². The number of carbonyl (C=O) groups excluding carboxylic acids is 3. The van der Waals surface area contributed by atoms with Gasteiger partial charge in [0.05, 0.1) is 12.1 Å². The Morgan fingerprint density at radius 1 is 0.756 bits per heavy atom. The summed E-state index contributed by atoms with van der Waals surface area (Å²) in [6.45, 7) is 1.22. The summed E-state index contributed by atoms with van der Waals surface area (Å²) in [5.41, 5.74) is 9.19. The number of aliphatic carboxylic acids is 1. The van der Waals surface area contributed by atoms with E-state index in [4.69, 9.17) is 5.73 Å². The van der Waals surface area contributed by atoms with Crippen LogP contribution in [0.1, 0.15) is 23.6 Å². The fourth-order valence-corrected chi connectivity index (χ4v) is 4.96. The molecule has 3 amide bonds. The average molecular weight is 616 g/mol. The number of amides is 3. The van der Waals surface area contributed by atoms with Crippen molar-refractivity contribution in [3.05, 3.63) is 102 Å². The molecule has 5 unspecified atom stereocenters. The number of carboxylic acids is 1. The molecule has 0 saturated carbocycles. The van der Waals surface area contributed by atoms with Gasteiger partial charge in [0.2, 0.25) is 17.7 Å². The molecular formula is C33H37N5O7. The van der Waals surface area contributed by atoms with Gasteiger partial charge < -0.3 is 42.0 Å². The van der Waals surface area contributed by atoms with Crippen LogP contribution in [-0.4, -0.2) is 74.3 Å². The van der Waals surface area contributed by atoms with Gasteiger partial charge in [0.25, 0.3) is 0 Å². The molecule has 4 rings (SSSR count). The number of aliphatic hydroxyl groups is 1. The molecule has 45 heavy (non-hydrogen) atoms. The number of aliphatic hydroxyl groups excluding tert-OH is 1. The van der Waals surface area contributed by atoms with Gasteiger partial charge in [0.15, 0.2) is 6.04 Å². The first-order valence-corrected chi connectivity index (χ1v) is 14.5. The van der Waals surface area contributed by atoms with Gasteiger partial charge in [-0.1, -0.05) is 60.7 Å². The number of phenols is 1. The molecule has 3 aromatic carbocycles. The van der Waals surface area contributed by atoms with E-state index in [9.17, 15) is 34.5 Å². The monoisotopic (exact) mass is 615 g/mol. The van der Waals surface area contributed by atoms with Gasteiger partial charge in [-0.15, -0.1) is 0 Å². The average Bonchev–Trinajstić information content (AvgIpc) is 3.42. The van der Waals surface area contributed by atoms with E-state index in [1.807, 2.05) is 54.6 Å². The molecule has 4 aromatic rings. The molecule has 236 valence electrons. The van der Waals surface area contributed by atoms with Crippen molar-refractivity contribution in [3.63, 3.8) is 0 Å². The van der Waals surface area contributed by atoms with Gasteiger partial charge in [-0.25, -0.2) is 4.79 Å². The van der Waals surface area contributed by atoms with Crippen molar-refractivity contribution >= 4 is 34.6 Å². The second-order valence-electron chi connectivity index (χ2n) is 10.9. The molecule has 0 radical (unpaired) electrons. The summed E-state index contributed by atoms with van der Waals surface area (Å²) in [7, 11) is 0. The lowest BCUT2D eigenvalue weighted by molar-refractivity contribution is -0.145. The number of nitrogens with one attached hydrogen (secondary N) is 4. The maximum Gasteiger partial charge on any atom is 0.328 e. The molecule has 0 spiro atoms. The Balaban J connectivity index is 1.60. The number of benzene rings is 3. The van der Waals surface area contributed by atoms with Gasteiger partial charge in [-0.3, -0.25) is 14.4 Å². The van der Waals surface area contributed by atoms with Crippen LogP contribution in [0.4, 0.5) is 0 Å². The molecular weight excluding hydrogens is 578 g/mol. The number of H-pyrrole nitrogens is 1. The lowest BCUT2D eigenvalue weighted by Crippen LogP contribution is -2.59. The second kappa shape index (κ2) is 15.0. The summed E-state index contributed by atoms with van der Waals surface area (Å²) in [5, 5.41) is 37.6. The molecule has 9 N–H and O–H groups in total. The van der Waals surface area contributed by atoms with E-state index in [0.717, 1.165) is 22.0 Å². The SMILES string of the molecule is CC(O)C(NC(=O)C(Cc1ccc(O)cc1)NC(=O)C(Cc1c[nH]c2ccccc12)NC(=O)C(N)Cc1ccccc1)C(=O)O. The van der Waals surface area contributed by atoms with Crippen molar-refractivity contribution < 1.29 is 34.5 Å². The molecule has 0 aliphatic rings. The molecule has 1 aromatic heterocycles. The molecule has 0 saturated heterocycles. The maximum absolute atomic E-state index is 13.9. The highest BCUT2D eigenvalue weighted by Gasteiger charge is 2.32. The minimum Gasteiger partial charge on any atom is -0.508 e. The van der Waals surface area contributed by atoms with Gasteiger partial charge in [0.1, 0.15) is 17.8 Å². The van der Waals surface area contributed by atoms with Crippen molar-refractivity contribution in [2.75, 3.05) is 0 Å². The number of para-hydroxylation sites is 1. The van der Waals surface area contributed by atoms with Crippen LogP contribution in [0.25, 0.3) is 10.9 Å². The van der Waals surface area contributed by atoms with Crippen molar-refractivity contribution in [2.45, 2.75) is 56.5 Å². The minimum atomic E-state index is -1.63. The summed E-state index contributed by atoms with van der Waals surface area (Å²) >= 11 is 0. The molecule has 0 fully saturated rings. The van der Waals surface area contributed by atoms with Crippen LogP contribution >= 0.6 is 0 Å². The number of hydrogen-bond acceptors (Lipinski definition) is 7. The van der Waals surface area contributed by atoms with E-state index in [1.54, 1.807) is 18.3 Å². The van der Waals surface area contributed by atoms with E-state index in [0.29, 0.717) is 5.56 Å². The third-order valence-electron chi connectivity index (χ3n) is 7.42. The zero-order chi connectivity index (χ0) is 32.5. The number of aromatic nitrogens is 1. The van der Waals surface area contributed by atoms with E-state index in [2.05, 4.69) is 20.9 Å². The second-order valence-corrected chi connectivity index (χ2v) is 10.9. The normalized spacial score (nSPS) is 14.5. The fourth-order valence-electron chi connectivity index (χ4n) is 4.96. The number of carboxylic acid groups (broad SMARTS) is 1. The quantitative estimate of drug-likeness (QED) is 0.103. The fraction of sp³-hybridized carbons (Fsp3) is 0.273. The lowest BCUT2D eigenvalue weighted by Gasteiger charge is -2.26. The van der Waals surface area contributed by atoms with Crippen LogP contribution in [0.2, 0.25) is 0 Å². The number of hydrogen-bond donors (Lipinski definition) is 8. The van der Waals surface area contributed by atoms with Gasteiger partial charge in [-0.05, 0) is 48.2 Å². The highest BCUT2D eigenvalue weighted by molar-refractivity contribution is 5.95. The third kappa shape index (κ3) is 8.91. The summed E-state index contributed by atoms with van der Waals surface area (Å²) in [4.78, 5) is 55.3. The molecule has 1 heterocycles. The highest BCUT2D eigenvalue weighted by Crippen LogP contribution is 2.20. The van der Waals surface area contributed by atoms with E-state index in [-0.39, 0.29) is 25.0 Å². The largest absolute Gasteiger partial charge is 0.508 e. The van der Waals surface area contributed by atoms with E-state index >= 15 is 0 Å². The van der Waals surface area contributed by atoms with Crippen LogP contribution in [0, 0.1) is 0 Å². The van der Waals surface area contributed by atoms with E-state index < -0.39 is 54.0 Å². The first-order valence-electron chi connectivity index (χ1n) is 14.5. The molecule has 5 atom stereocenters. The Hall–Kier alpha value is -5.20. The summed E-state index contributed by atoms with van der Waals surface area (Å²) in [6.07, 6.45) is 0.526. The van der Waals surface area contributed by atoms with Crippen LogP contribution in [0.15, 0.2) is 85.1 Å². The first-order chi connectivity index (χ1) is 21.5. The van der Waals surface area contributed by atoms with Crippen LogP contribution in [0.3, 0.4) is 0 Å². The minimum absolute atomic E-state index is 0.00261. The number of carbonyl (C=O) groups is 4. The number of rotatable bonds is 14. The molecule has 0 aliphatic heterocycles. The van der Waals surface area contributed by atoms with Gasteiger partial charge >= 0.3 is 5.97 Å². The van der Waals surface area contributed by atoms with Crippen LogP contribution < -0.4 is 21.7 Å². The van der Waals surface area contributed by atoms with E-state index in [1.165, 1.54) is 19.1 Å². The molecule has 0 bridgehead atoms. The predicted molar refractivity (Wildman–Crippen MR) is 167 cm³/mol. The first kappa shape index (κ1) is 32.7. The van der Waals surface area contributed by atoms with Gasteiger partial charge in [0, 0.05) is 29.9 Å². The predicted octanol–water partition coefficient (Wildman–Crippen LogP) is 1.15. The van der Waals surface area contributed by atoms with Crippen LogP contribution in [0.5, 0.6) is 5.75 Å². The number of fused-ring (bicyclic) bond motifs is 1. The van der Waals surface area contributed by atoms with Crippen molar-refractivity contribution in [1.29, 1.82) is 0 Å². The highest BCUT2D eigenvalue weighted by atomic mass is 16.4. The Kier molecular flexibility index (Phi) is 10.9. The number of phenolic OH excluding ortho intramolecular Hbond substituents is 1. The molecule has 0 aliphatic carbocycles. The van der Waals surface area contributed by atoms with Crippen molar-refractivity contribution in [3.8, 4) is 5.75 Å². The standard InChI is InChI=1S/C33H37N5O7/c1-19(39)29(33(44)45)38-32(43)27(16-21-11-13-23(40)14-12-21)37-31(42)28(17-22-18-35-26-10-6-5-9-24(22)26)36-30(41)25(34)15-20-7-3-2-4-8-20/h2-14,18-19,25,27-29,35,39-40H,15-17,34H2,1H3,(H,36,41)(H,37,42)(H,38,43)(H,44,45). The zero-order valence-electron chi connectivity index (χ0n) is 24.6. The summed E-state index contributed by atoms with van der Waals surface area (Å²) < 4.78 is 0. The Bertz CT molecular complexity index is 1620. The summed E-state index contributed by atoms with van der Waals surface area (Å²) in [6, 6.07) is 17.5. The number of nitrogens with two attached hydrogens (primary N) is 1. The smallest absolute Gasteiger partial charge is 0.328 e. The lowest BCUT2D eigenvalue weighted by atomic mass is 10.0. The number of aromatic hydroxyl groups is 1. The third-order valence-corrected chi connectivity index (χ3v) is 7.42. The Morgan fingerprint density at radius 2 is 1.33 bits per heavy atom. The maximum atomic E-state index is 13.9. The zero-order valence-corrected chi connectivity index (χ0v) is 24.6. The number of aromatic amines is 1. The van der Waals surface area contributed by atoms with Crippen LogP contribution in [-0.2, 0) is 38.4 Å². The molecule has 12 heteroatoms. The Labute approximate surface area is 259 Å². The summed E-state index contributed by atoms with van der Waals surface area (Å²) in [5.74, 6) is -3.59.